The van der Waals surface area contributed by atoms with Gasteiger partial charge in [-0.2, -0.15) is 0 Å². The second kappa shape index (κ2) is 6.35. The molecule has 0 aromatic heterocycles. The maximum atomic E-state index is 13.4. The first-order chi connectivity index (χ1) is 9.51. The summed E-state index contributed by atoms with van der Waals surface area (Å²) >= 11 is 6.05. The van der Waals surface area contributed by atoms with Crippen LogP contribution in [0.4, 0.5) is 4.39 Å². The number of nitrogens with two attached hydrogens (primary N) is 1. The third kappa shape index (κ3) is 3.37. The number of nitrogens with one attached hydrogen (secondary N) is 1. The van der Waals surface area contributed by atoms with Gasteiger partial charge in [0.2, 0.25) is 0 Å². The molecule has 2 nitrogen and oxygen atoms in total. The smallest absolute Gasteiger partial charge is 0.123 e. The van der Waals surface area contributed by atoms with Crippen molar-refractivity contribution in [3.63, 3.8) is 0 Å². The largest absolute Gasteiger partial charge is 0.271 e. The van der Waals surface area contributed by atoms with Gasteiger partial charge in [0, 0.05) is 5.02 Å². The minimum atomic E-state index is -0.232. The van der Waals surface area contributed by atoms with E-state index >= 15 is 0 Å². The van der Waals surface area contributed by atoms with Gasteiger partial charge in [-0.05, 0) is 66.8 Å². The fourth-order valence-corrected chi connectivity index (χ4v) is 2.51. The number of hydrogen-bond donors (Lipinski definition) is 2. The van der Waals surface area contributed by atoms with Gasteiger partial charge in [-0.25, -0.2) is 4.39 Å². The Balaban J connectivity index is 2.33. The Hall–Kier alpha value is -1.42. The van der Waals surface area contributed by atoms with Crippen LogP contribution >= 0.6 is 11.6 Å². The minimum Gasteiger partial charge on any atom is -0.271 e. The van der Waals surface area contributed by atoms with Crippen molar-refractivity contribution in [2.75, 3.05) is 0 Å². The van der Waals surface area contributed by atoms with Gasteiger partial charge in [0.15, 0.2) is 0 Å². The normalized spacial score (nSPS) is 12.4. The molecule has 0 spiro atoms. The lowest BCUT2D eigenvalue weighted by Gasteiger charge is -2.20. The number of rotatable bonds is 4. The molecule has 0 amide bonds. The van der Waals surface area contributed by atoms with E-state index in [2.05, 4.69) is 5.43 Å². The number of hydrogen-bond acceptors (Lipinski definition) is 2. The molecular weight excluding hydrogens is 275 g/mol. The Bertz CT molecular complexity index is 613. The Labute approximate surface area is 123 Å². The molecule has 0 saturated carbocycles. The summed E-state index contributed by atoms with van der Waals surface area (Å²) in [5, 5.41) is 0.668. The molecule has 1 unspecified atom stereocenters. The van der Waals surface area contributed by atoms with Crippen molar-refractivity contribution in [1.29, 1.82) is 0 Å². The molecule has 0 fully saturated rings. The van der Waals surface area contributed by atoms with Crippen LogP contribution in [-0.4, -0.2) is 0 Å². The summed E-state index contributed by atoms with van der Waals surface area (Å²) in [5.41, 5.74) is 6.92. The number of hydrazine groups is 1. The van der Waals surface area contributed by atoms with Crippen LogP contribution in [0.1, 0.15) is 28.3 Å². The van der Waals surface area contributed by atoms with Crippen LogP contribution in [0.15, 0.2) is 36.4 Å². The molecule has 3 N–H and O–H groups in total. The molecule has 0 saturated heterocycles. The molecule has 0 bridgehead atoms. The first kappa shape index (κ1) is 15.0. The molecule has 0 aliphatic carbocycles. The number of benzene rings is 2. The van der Waals surface area contributed by atoms with Crippen LogP contribution in [-0.2, 0) is 6.42 Å². The maximum Gasteiger partial charge on any atom is 0.123 e. The van der Waals surface area contributed by atoms with E-state index in [0.717, 1.165) is 22.3 Å². The fourth-order valence-electron chi connectivity index (χ4n) is 2.33. The summed E-state index contributed by atoms with van der Waals surface area (Å²) in [4.78, 5) is 0. The van der Waals surface area contributed by atoms with Crippen molar-refractivity contribution >= 4 is 11.6 Å². The average molecular weight is 293 g/mol. The van der Waals surface area contributed by atoms with Crippen molar-refractivity contribution in [3.05, 3.63) is 69.5 Å². The van der Waals surface area contributed by atoms with Gasteiger partial charge in [0.05, 0.1) is 6.04 Å². The molecule has 4 heteroatoms. The molecule has 106 valence electrons. The number of halogens is 2. The standard InChI is InChI=1S/C16H18ClFN2/c1-10-4-6-14(18)7-12(10)8-16(20-19)15-9-13(17)5-3-11(15)2/h3-7,9,16,20H,8,19H2,1-2H3. The number of aryl methyl sites for hydroxylation is 2. The van der Waals surface area contributed by atoms with Crippen LogP contribution in [0.5, 0.6) is 0 Å². The predicted molar refractivity (Wildman–Crippen MR) is 81.1 cm³/mol. The zero-order valence-electron chi connectivity index (χ0n) is 11.6. The zero-order chi connectivity index (χ0) is 14.7. The van der Waals surface area contributed by atoms with Crippen molar-refractivity contribution in [2.24, 2.45) is 5.84 Å². The third-order valence-corrected chi connectivity index (χ3v) is 3.79. The highest BCUT2D eigenvalue weighted by Crippen LogP contribution is 2.25. The lowest BCUT2D eigenvalue weighted by atomic mass is 9.94. The first-order valence-corrected chi connectivity index (χ1v) is 6.86. The van der Waals surface area contributed by atoms with Gasteiger partial charge >= 0.3 is 0 Å². The van der Waals surface area contributed by atoms with E-state index in [1.807, 2.05) is 32.0 Å². The van der Waals surface area contributed by atoms with Gasteiger partial charge in [-0.15, -0.1) is 0 Å². The highest BCUT2D eigenvalue weighted by Gasteiger charge is 2.15. The molecular formula is C16H18ClFN2. The van der Waals surface area contributed by atoms with Crippen molar-refractivity contribution in [3.8, 4) is 0 Å². The SMILES string of the molecule is Cc1ccc(F)cc1CC(NN)c1cc(Cl)ccc1C. The van der Waals surface area contributed by atoms with Crippen LogP contribution < -0.4 is 11.3 Å². The molecule has 1 atom stereocenters. The molecule has 2 rings (SSSR count). The van der Waals surface area contributed by atoms with Gasteiger partial charge < -0.3 is 0 Å². The third-order valence-electron chi connectivity index (χ3n) is 3.55. The average Bonchev–Trinajstić information content (AvgIpc) is 2.42. The quantitative estimate of drug-likeness (QED) is 0.664. The summed E-state index contributed by atoms with van der Waals surface area (Å²) in [6, 6.07) is 10.4. The second-order valence-corrected chi connectivity index (χ2v) is 5.43. The van der Waals surface area contributed by atoms with E-state index < -0.39 is 0 Å². The summed E-state index contributed by atoms with van der Waals surface area (Å²) in [6.45, 7) is 3.97. The van der Waals surface area contributed by atoms with Gasteiger partial charge in [-0.3, -0.25) is 11.3 Å². The van der Waals surface area contributed by atoms with Crippen molar-refractivity contribution < 1.29 is 4.39 Å². The second-order valence-electron chi connectivity index (χ2n) is 5.00. The van der Waals surface area contributed by atoms with E-state index in [4.69, 9.17) is 17.4 Å². The Morgan fingerprint density at radius 1 is 1.15 bits per heavy atom. The molecule has 2 aromatic carbocycles. The van der Waals surface area contributed by atoms with Crippen molar-refractivity contribution in [2.45, 2.75) is 26.3 Å². The molecule has 0 radical (unpaired) electrons. The summed E-state index contributed by atoms with van der Waals surface area (Å²) in [6.07, 6.45) is 0.612. The Morgan fingerprint density at radius 2 is 1.85 bits per heavy atom. The van der Waals surface area contributed by atoms with E-state index in [9.17, 15) is 4.39 Å². The Kier molecular flexibility index (Phi) is 4.76. The topological polar surface area (TPSA) is 38.0 Å². The molecule has 0 heterocycles. The zero-order valence-corrected chi connectivity index (χ0v) is 12.3. The predicted octanol–water partition coefficient (Wildman–Crippen LogP) is 3.84. The van der Waals surface area contributed by atoms with E-state index in [1.165, 1.54) is 6.07 Å². The molecule has 20 heavy (non-hydrogen) atoms. The molecule has 0 aliphatic heterocycles. The fraction of sp³-hybridized carbons (Fsp3) is 0.250. The summed E-state index contributed by atoms with van der Waals surface area (Å²) in [5.74, 6) is 5.44. The Morgan fingerprint density at radius 3 is 2.55 bits per heavy atom. The lowest BCUT2D eigenvalue weighted by molar-refractivity contribution is 0.545. The van der Waals surface area contributed by atoms with E-state index in [1.54, 1.807) is 12.1 Å². The van der Waals surface area contributed by atoms with Gasteiger partial charge in [0.25, 0.3) is 0 Å². The molecule has 0 aliphatic rings. The monoisotopic (exact) mass is 292 g/mol. The van der Waals surface area contributed by atoms with Crippen LogP contribution in [0, 0.1) is 19.7 Å². The minimum absolute atomic E-state index is 0.103. The van der Waals surface area contributed by atoms with Crippen molar-refractivity contribution in [1.82, 2.24) is 5.43 Å². The van der Waals surface area contributed by atoms with Crippen LogP contribution in [0.2, 0.25) is 5.02 Å². The molecule has 2 aromatic rings. The highest BCUT2D eigenvalue weighted by molar-refractivity contribution is 6.30. The van der Waals surface area contributed by atoms with Crippen LogP contribution in [0.3, 0.4) is 0 Å². The first-order valence-electron chi connectivity index (χ1n) is 6.48. The summed E-state index contributed by atoms with van der Waals surface area (Å²) in [7, 11) is 0. The van der Waals surface area contributed by atoms with Gasteiger partial charge in [0.1, 0.15) is 5.82 Å². The summed E-state index contributed by atoms with van der Waals surface area (Å²) < 4.78 is 13.4. The van der Waals surface area contributed by atoms with Gasteiger partial charge in [-0.1, -0.05) is 23.7 Å². The lowest BCUT2D eigenvalue weighted by Crippen LogP contribution is -2.30. The highest BCUT2D eigenvalue weighted by atomic mass is 35.5. The maximum absolute atomic E-state index is 13.4. The van der Waals surface area contributed by atoms with Crippen LogP contribution in [0.25, 0.3) is 0 Å². The van der Waals surface area contributed by atoms with E-state index in [0.29, 0.717) is 11.4 Å². The van der Waals surface area contributed by atoms with E-state index in [-0.39, 0.29) is 11.9 Å².